The average Bonchev–Trinajstić information content (AvgIpc) is 2.27. The quantitative estimate of drug-likeness (QED) is 0.880. The molecule has 0 bridgehead atoms. The van der Waals surface area contributed by atoms with Gasteiger partial charge in [0, 0.05) is 11.0 Å². The average molecular weight is 316 g/mol. The normalized spacial score (nSPS) is 10.4. The maximum absolute atomic E-state index is 13.5. The Morgan fingerprint density at radius 2 is 1.67 bits per heavy atom. The van der Waals surface area contributed by atoms with Crippen LogP contribution in [-0.2, 0) is 6.54 Å². The standard InChI is InChI=1S/C13H9BrF3N/c14-9-5-11(16)13(12(17)6-9)18-7-8-2-1-3-10(15)4-8/h1-6,18H,7H2. The van der Waals surface area contributed by atoms with Crippen molar-refractivity contribution < 1.29 is 13.2 Å². The molecule has 0 aliphatic carbocycles. The first kappa shape index (κ1) is 13.0. The lowest BCUT2D eigenvalue weighted by Gasteiger charge is -2.09. The molecule has 0 aliphatic rings. The largest absolute Gasteiger partial charge is 0.376 e. The van der Waals surface area contributed by atoms with Crippen molar-refractivity contribution in [3.63, 3.8) is 0 Å². The van der Waals surface area contributed by atoms with Crippen LogP contribution in [0.1, 0.15) is 5.56 Å². The Balaban J connectivity index is 2.16. The zero-order valence-corrected chi connectivity index (χ0v) is 10.8. The summed E-state index contributed by atoms with van der Waals surface area (Å²) in [5.41, 5.74) is 0.388. The zero-order valence-electron chi connectivity index (χ0n) is 9.18. The molecule has 2 aromatic rings. The summed E-state index contributed by atoms with van der Waals surface area (Å²) in [5.74, 6) is -1.78. The van der Waals surface area contributed by atoms with Crippen molar-refractivity contribution >= 4 is 21.6 Å². The molecule has 5 heteroatoms. The highest BCUT2D eigenvalue weighted by Crippen LogP contribution is 2.24. The van der Waals surface area contributed by atoms with Crippen LogP contribution in [0.2, 0.25) is 0 Å². The first-order chi connectivity index (χ1) is 8.56. The third kappa shape index (κ3) is 3.04. The SMILES string of the molecule is Fc1cccc(CNc2c(F)cc(Br)cc2F)c1. The second-order valence-electron chi connectivity index (χ2n) is 3.73. The minimum absolute atomic E-state index is 0.146. The molecule has 1 nitrogen and oxygen atoms in total. The molecule has 0 radical (unpaired) electrons. The molecule has 0 fully saturated rings. The molecule has 0 unspecified atom stereocenters. The minimum atomic E-state index is -0.696. The van der Waals surface area contributed by atoms with E-state index < -0.39 is 11.6 Å². The molecule has 0 saturated carbocycles. The summed E-state index contributed by atoms with van der Waals surface area (Å²) in [6.45, 7) is 0.146. The van der Waals surface area contributed by atoms with Gasteiger partial charge in [-0.1, -0.05) is 28.1 Å². The van der Waals surface area contributed by atoms with Crippen molar-refractivity contribution in [1.82, 2.24) is 0 Å². The lowest BCUT2D eigenvalue weighted by atomic mass is 10.2. The molecule has 0 atom stereocenters. The van der Waals surface area contributed by atoms with Crippen molar-refractivity contribution in [2.75, 3.05) is 5.32 Å². The fourth-order valence-corrected chi connectivity index (χ4v) is 1.95. The molecule has 0 saturated heterocycles. The van der Waals surface area contributed by atoms with E-state index in [1.54, 1.807) is 12.1 Å². The van der Waals surface area contributed by atoms with Crippen LogP contribution in [0.3, 0.4) is 0 Å². The van der Waals surface area contributed by atoms with Gasteiger partial charge in [-0.3, -0.25) is 0 Å². The molecule has 0 heterocycles. The Hall–Kier alpha value is -1.49. The van der Waals surface area contributed by atoms with Crippen LogP contribution in [0.4, 0.5) is 18.9 Å². The molecule has 1 N–H and O–H groups in total. The molecule has 18 heavy (non-hydrogen) atoms. The fourth-order valence-electron chi connectivity index (χ4n) is 1.55. The van der Waals surface area contributed by atoms with Crippen molar-refractivity contribution in [2.45, 2.75) is 6.54 Å². The van der Waals surface area contributed by atoms with Crippen LogP contribution in [0, 0.1) is 17.5 Å². The van der Waals surface area contributed by atoms with E-state index in [2.05, 4.69) is 21.2 Å². The van der Waals surface area contributed by atoms with Gasteiger partial charge >= 0.3 is 0 Å². The van der Waals surface area contributed by atoms with Crippen LogP contribution in [0.25, 0.3) is 0 Å². The monoisotopic (exact) mass is 315 g/mol. The van der Waals surface area contributed by atoms with Gasteiger partial charge in [0.2, 0.25) is 0 Å². The summed E-state index contributed by atoms with van der Waals surface area (Å²) < 4.78 is 40.2. The Morgan fingerprint density at radius 1 is 1.00 bits per heavy atom. The van der Waals surface area contributed by atoms with Gasteiger partial charge in [-0.25, -0.2) is 13.2 Å². The third-order valence-corrected chi connectivity index (χ3v) is 2.82. The van der Waals surface area contributed by atoms with Gasteiger partial charge in [-0.2, -0.15) is 0 Å². The summed E-state index contributed by atoms with van der Waals surface area (Å²) in [6.07, 6.45) is 0. The minimum Gasteiger partial charge on any atom is -0.376 e. The molecule has 0 spiro atoms. The lowest BCUT2D eigenvalue weighted by molar-refractivity contribution is 0.586. The van der Waals surface area contributed by atoms with E-state index >= 15 is 0 Å². The Morgan fingerprint density at radius 3 is 2.28 bits per heavy atom. The van der Waals surface area contributed by atoms with Crippen LogP contribution >= 0.6 is 15.9 Å². The van der Waals surface area contributed by atoms with Gasteiger partial charge in [0.25, 0.3) is 0 Å². The Labute approximate surface area is 111 Å². The second kappa shape index (κ2) is 5.44. The van der Waals surface area contributed by atoms with E-state index in [-0.39, 0.29) is 18.0 Å². The van der Waals surface area contributed by atoms with Crippen LogP contribution < -0.4 is 5.32 Å². The maximum atomic E-state index is 13.5. The molecule has 2 aromatic carbocycles. The number of hydrogen-bond donors (Lipinski definition) is 1. The second-order valence-corrected chi connectivity index (χ2v) is 4.64. The number of hydrogen-bond acceptors (Lipinski definition) is 1. The van der Waals surface area contributed by atoms with Gasteiger partial charge in [-0.05, 0) is 29.8 Å². The van der Waals surface area contributed by atoms with E-state index in [9.17, 15) is 13.2 Å². The summed E-state index contributed by atoms with van der Waals surface area (Å²) in [4.78, 5) is 0. The summed E-state index contributed by atoms with van der Waals surface area (Å²) in [5, 5.41) is 2.61. The highest BCUT2D eigenvalue weighted by atomic mass is 79.9. The highest BCUT2D eigenvalue weighted by molar-refractivity contribution is 9.10. The number of rotatable bonds is 3. The molecular formula is C13H9BrF3N. The van der Waals surface area contributed by atoms with Crippen LogP contribution in [0.15, 0.2) is 40.9 Å². The fraction of sp³-hybridized carbons (Fsp3) is 0.0769. The van der Waals surface area contributed by atoms with Crippen molar-refractivity contribution in [3.05, 3.63) is 63.9 Å². The van der Waals surface area contributed by atoms with E-state index in [1.807, 2.05) is 0 Å². The van der Waals surface area contributed by atoms with E-state index in [1.165, 1.54) is 12.1 Å². The van der Waals surface area contributed by atoms with E-state index in [0.717, 1.165) is 12.1 Å². The van der Waals surface area contributed by atoms with Crippen LogP contribution in [-0.4, -0.2) is 0 Å². The van der Waals surface area contributed by atoms with Gasteiger partial charge in [-0.15, -0.1) is 0 Å². The Kier molecular flexibility index (Phi) is 3.91. The number of halogens is 4. The molecule has 0 amide bonds. The maximum Gasteiger partial charge on any atom is 0.150 e. The summed E-state index contributed by atoms with van der Waals surface area (Å²) in [6, 6.07) is 8.16. The molecule has 94 valence electrons. The topological polar surface area (TPSA) is 12.0 Å². The predicted molar refractivity (Wildman–Crippen MR) is 67.8 cm³/mol. The molecule has 0 aliphatic heterocycles. The summed E-state index contributed by atoms with van der Waals surface area (Å²) >= 11 is 3.00. The smallest absolute Gasteiger partial charge is 0.150 e. The number of nitrogens with one attached hydrogen (secondary N) is 1. The van der Waals surface area contributed by atoms with Crippen molar-refractivity contribution in [2.24, 2.45) is 0 Å². The summed E-state index contributed by atoms with van der Waals surface area (Å²) in [7, 11) is 0. The molecule has 2 rings (SSSR count). The lowest BCUT2D eigenvalue weighted by Crippen LogP contribution is -2.04. The van der Waals surface area contributed by atoms with Crippen LogP contribution in [0.5, 0.6) is 0 Å². The van der Waals surface area contributed by atoms with Gasteiger partial charge < -0.3 is 5.32 Å². The molecule has 0 aromatic heterocycles. The number of anilines is 1. The zero-order chi connectivity index (χ0) is 13.1. The number of benzene rings is 2. The van der Waals surface area contributed by atoms with Gasteiger partial charge in [0.15, 0.2) is 0 Å². The van der Waals surface area contributed by atoms with Gasteiger partial charge in [0.05, 0.1) is 0 Å². The third-order valence-electron chi connectivity index (χ3n) is 2.37. The van der Waals surface area contributed by atoms with E-state index in [4.69, 9.17) is 0 Å². The van der Waals surface area contributed by atoms with Crippen molar-refractivity contribution in [3.8, 4) is 0 Å². The van der Waals surface area contributed by atoms with Gasteiger partial charge in [0.1, 0.15) is 23.1 Å². The van der Waals surface area contributed by atoms with Crippen molar-refractivity contribution in [1.29, 1.82) is 0 Å². The Bertz CT molecular complexity index is 549. The van der Waals surface area contributed by atoms with E-state index in [0.29, 0.717) is 10.0 Å². The highest BCUT2D eigenvalue weighted by Gasteiger charge is 2.10. The predicted octanol–water partition coefficient (Wildman–Crippen LogP) is 4.48. The first-order valence-electron chi connectivity index (χ1n) is 5.19. The first-order valence-corrected chi connectivity index (χ1v) is 5.98. The molecular weight excluding hydrogens is 307 g/mol.